The van der Waals surface area contributed by atoms with Gasteiger partial charge in [0.05, 0.1) is 6.42 Å². The van der Waals surface area contributed by atoms with Gasteiger partial charge in [-0.05, 0) is 30.6 Å². The first-order valence-corrected chi connectivity index (χ1v) is 7.09. The Morgan fingerprint density at radius 2 is 2.05 bits per heavy atom. The fraction of sp³-hybridized carbons (Fsp3) is 0.857. The summed E-state index contributed by atoms with van der Waals surface area (Å²) in [4.78, 5) is 22.6. The van der Waals surface area contributed by atoms with Crippen LogP contribution in [0.25, 0.3) is 0 Å². The summed E-state index contributed by atoms with van der Waals surface area (Å²) in [6.07, 6.45) is 2.84. The summed E-state index contributed by atoms with van der Waals surface area (Å²) in [5.74, 6) is -0.555. The van der Waals surface area contributed by atoms with E-state index in [1.54, 1.807) is 7.11 Å². The molecule has 1 rings (SSSR count). The Morgan fingerprint density at radius 3 is 2.55 bits per heavy atom. The minimum absolute atomic E-state index is 0.00878. The van der Waals surface area contributed by atoms with Gasteiger partial charge < -0.3 is 20.5 Å². The number of carboxylic acid groups (broad SMARTS) is 1. The van der Waals surface area contributed by atoms with E-state index in [4.69, 9.17) is 9.84 Å². The van der Waals surface area contributed by atoms with E-state index in [9.17, 15) is 9.59 Å². The van der Waals surface area contributed by atoms with Crippen LogP contribution in [0.3, 0.4) is 0 Å². The number of carboxylic acids is 1. The summed E-state index contributed by atoms with van der Waals surface area (Å²) >= 11 is 0. The first kappa shape index (κ1) is 16.8. The number of aliphatic carboxylic acids is 1. The molecule has 6 heteroatoms. The van der Waals surface area contributed by atoms with E-state index in [1.165, 1.54) is 0 Å². The SMILES string of the molecule is COCCC(C)(C)CNC(=O)NC(CC(=O)O)C1CC1. The van der Waals surface area contributed by atoms with E-state index >= 15 is 0 Å². The molecule has 1 atom stereocenters. The van der Waals surface area contributed by atoms with Gasteiger partial charge in [0.25, 0.3) is 0 Å². The second-order valence-electron chi connectivity index (χ2n) is 6.28. The summed E-state index contributed by atoms with van der Waals surface area (Å²) in [5, 5.41) is 14.4. The second kappa shape index (κ2) is 7.47. The third kappa shape index (κ3) is 6.75. The molecule has 1 unspecified atom stereocenters. The van der Waals surface area contributed by atoms with Crippen LogP contribution in [0.5, 0.6) is 0 Å². The maximum Gasteiger partial charge on any atom is 0.315 e. The summed E-state index contributed by atoms with van der Waals surface area (Å²) < 4.78 is 5.04. The smallest absolute Gasteiger partial charge is 0.315 e. The standard InChI is InChI=1S/C14H26N2O4/c1-14(2,6-7-20-3)9-15-13(19)16-11(8-12(17)18)10-4-5-10/h10-11H,4-9H2,1-3H3,(H,17,18)(H2,15,16,19). The Hall–Kier alpha value is -1.30. The van der Waals surface area contributed by atoms with Gasteiger partial charge in [-0.3, -0.25) is 4.79 Å². The van der Waals surface area contributed by atoms with Gasteiger partial charge in [-0.2, -0.15) is 0 Å². The lowest BCUT2D eigenvalue weighted by atomic mass is 9.90. The van der Waals surface area contributed by atoms with Crippen LogP contribution in [0.4, 0.5) is 4.79 Å². The molecule has 0 bridgehead atoms. The van der Waals surface area contributed by atoms with Gasteiger partial charge in [-0.1, -0.05) is 13.8 Å². The topological polar surface area (TPSA) is 87.7 Å². The molecular formula is C14H26N2O4. The van der Waals surface area contributed by atoms with E-state index in [1.807, 2.05) is 0 Å². The number of nitrogens with one attached hydrogen (secondary N) is 2. The molecule has 0 aliphatic heterocycles. The van der Waals surface area contributed by atoms with Crippen LogP contribution < -0.4 is 10.6 Å². The molecule has 1 aliphatic carbocycles. The molecule has 20 heavy (non-hydrogen) atoms. The number of amides is 2. The Bertz CT molecular complexity index is 340. The van der Waals surface area contributed by atoms with Crippen LogP contribution >= 0.6 is 0 Å². The lowest BCUT2D eigenvalue weighted by molar-refractivity contribution is -0.137. The van der Waals surface area contributed by atoms with Crippen molar-refractivity contribution in [2.75, 3.05) is 20.3 Å². The average molecular weight is 286 g/mol. The van der Waals surface area contributed by atoms with E-state index in [2.05, 4.69) is 24.5 Å². The Balaban J connectivity index is 2.32. The fourth-order valence-corrected chi connectivity index (χ4v) is 2.03. The molecule has 6 nitrogen and oxygen atoms in total. The monoisotopic (exact) mass is 286 g/mol. The molecule has 0 radical (unpaired) electrons. The predicted molar refractivity (Wildman–Crippen MR) is 75.6 cm³/mol. The number of hydrogen-bond donors (Lipinski definition) is 3. The molecule has 116 valence electrons. The van der Waals surface area contributed by atoms with Crippen molar-refractivity contribution in [2.45, 2.75) is 45.6 Å². The summed E-state index contributed by atoms with van der Waals surface area (Å²) in [5.41, 5.74) is -0.0464. The van der Waals surface area contributed by atoms with Crippen molar-refractivity contribution < 1.29 is 19.4 Å². The highest BCUT2D eigenvalue weighted by molar-refractivity contribution is 5.75. The van der Waals surface area contributed by atoms with Crippen molar-refractivity contribution in [3.63, 3.8) is 0 Å². The van der Waals surface area contributed by atoms with Gasteiger partial charge in [-0.15, -0.1) is 0 Å². The van der Waals surface area contributed by atoms with Crippen molar-refractivity contribution in [3.8, 4) is 0 Å². The zero-order valence-corrected chi connectivity index (χ0v) is 12.6. The fourth-order valence-electron chi connectivity index (χ4n) is 2.03. The highest BCUT2D eigenvalue weighted by Crippen LogP contribution is 2.34. The maximum absolute atomic E-state index is 11.8. The minimum atomic E-state index is -0.873. The van der Waals surface area contributed by atoms with Crippen LogP contribution in [0.15, 0.2) is 0 Å². The van der Waals surface area contributed by atoms with Crippen molar-refractivity contribution in [1.82, 2.24) is 10.6 Å². The van der Waals surface area contributed by atoms with Crippen LogP contribution in [-0.4, -0.2) is 43.4 Å². The van der Waals surface area contributed by atoms with Gasteiger partial charge in [0.15, 0.2) is 0 Å². The lowest BCUT2D eigenvalue weighted by Gasteiger charge is -2.25. The van der Waals surface area contributed by atoms with E-state index in [0.29, 0.717) is 19.1 Å². The molecular weight excluding hydrogens is 260 g/mol. The molecule has 0 spiro atoms. The normalized spacial score (nSPS) is 16.6. The molecule has 2 amide bonds. The van der Waals surface area contributed by atoms with Gasteiger partial charge >= 0.3 is 12.0 Å². The van der Waals surface area contributed by atoms with Crippen molar-refractivity contribution in [3.05, 3.63) is 0 Å². The summed E-state index contributed by atoms with van der Waals surface area (Å²) in [7, 11) is 1.66. The van der Waals surface area contributed by atoms with Gasteiger partial charge in [0.2, 0.25) is 0 Å². The van der Waals surface area contributed by atoms with Crippen molar-refractivity contribution in [1.29, 1.82) is 0 Å². The number of carbonyl (C=O) groups is 2. The number of hydrogen-bond acceptors (Lipinski definition) is 3. The zero-order chi connectivity index (χ0) is 15.2. The van der Waals surface area contributed by atoms with Crippen LogP contribution in [0.2, 0.25) is 0 Å². The number of ether oxygens (including phenoxy) is 1. The van der Waals surface area contributed by atoms with Crippen LogP contribution in [-0.2, 0) is 9.53 Å². The summed E-state index contributed by atoms with van der Waals surface area (Å²) in [6.45, 7) is 5.30. The van der Waals surface area contributed by atoms with Crippen LogP contribution in [0, 0.1) is 11.3 Å². The number of methoxy groups -OCH3 is 1. The van der Waals surface area contributed by atoms with E-state index in [0.717, 1.165) is 19.3 Å². The second-order valence-corrected chi connectivity index (χ2v) is 6.28. The highest BCUT2D eigenvalue weighted by atomic mass is 16.5. The Morgan fingerprint density at radius 1 is 1.40 bits per heavy atom. The molecule has 0 aromatic rings. The largest absolute Gasteiger partial charge is 0.481 e. The zero-order valence-electron chi connectivity index (χ0n) is 12.6. The maximum atomic E-state index is 11.8. The number of carbonyl (C=O) groups excluding carboxylic acids is 1. The third-order valence-corrected chi connectivity index (χ3v) is 3.61. The van der Waals surface area contributed by atoms with Crippen molar-refractivity contribution >= 4 is 12.0 Å². The minimum Gasteiger partial charge on any atom is -0.481 e. The Labute approximate surface area is 120 Å². The average Bonchev–Trinajstić information content (AvgIpc) is 3.17. The molecule has 1 aliphatic rings. The van der Waals surface area contributed by atoms with Gasteiger partial charge in [0, 0.05) is 26.3 Å². The van der Waals surface area contributed by atoms with Crippen LogP contribution in [0.1, 0.15) is 39.5 Å². The molecule has 0 aromatic carbocycles. The highest BCUT2D eigenvalue weighted by Gasteiger charge is 2.33. The molecule has 0 saturated heterocycles. The van der Waals surface area contributed by atoms with E-state index < -0.39 is 5.97 Å². The molecule has 3 N–H and O–H groups in total. The third-order valence-electron chi connectivity index (χ3n) is 3.61. The first-order valence-electron chi connectivity index (χ1n) is 7.09. The van der Waals surface area contributed by atoms with Gasteiger partial charge in [0.1, 0.15) is 0 Å². The summed E-state index contributed by atoms with van der Waals surface area (Å²) in [6, 6.07) is -0.539. The molecule has 0 heterocycles. The van der Waals surface area contributed by atoms with Crippen molar-refractivity contribution in [2.24, 2.45) is 11.3 Å². The number of rotatable bonds is 9. The van der Waals surface area contributed by atoms with Gasteiger partial charge in [-0.25, -0.2) is 4.79 Å². The number of urea groups is 1. The Kier molecular flexibility index (Phi) is 6.26. The lowest BCUT2D eigenvalue weighted by Crippen LogP contribution is -2.46. The molecule has 1 saturated carbocycles. The first-order chi connectivity index (χ1) is 9.34. The predicted octanol–water partition coefficient (Wildman–Crippen LogP) is 1.60. The quantitative estimate of drug-likeness (QED) is 0.601. The molecule has 0 aromatic heterocycles. The van der Waals surface area contributed by atoms with E-state index in [-0.39, 0.29) is 23.9 Å². The molecule has 1 fully saturated rings.